The quantitative estimate of drug-likeness (QED) is 0.381. The molecule has 0 aliphatic heterocycles. The van der Waals surface area contributed by atoms with Gasteiger partial charge in [-0.1, -0.05) is 0 Å². The van der Waals surface area contributed by atoms with Gasteiger partial charge < -0.3 is 17.7 Å². The number of carbonyl (C=O) groups is 1. The highest BCUT2D eigenvalue weighted by atomic mass is 28.5. The summed E-state index contributed by atoms with van der Waals surface area (Å²) in [5.41, 5.74) is 0.194. The van der Waals surface area contributed by atoms with E-state index in [4.69, 9.17) is 17.7 Å². The summed E-state index contributed by atoms with van der Waals surface area (Å²) < 4.78 is 24.5. The predicted octanol–water partition coefficient (Wildman–Crippen LogP) is 5.39. The molecule has 5 saturated carbocycles. The molecule has 0 spiro atoms. The third-order valence-electron chi connectivity index (χ3n) is 9.23. The van der Waals surface area contributed by atoms with Gasteiger partial charge >= 0.3 is 23.1 Å². The molecule has 1 atom stereocenters. The Labute approximate surface area is 185 Å². The number of esters is 1. The maximum atomic E-state index is 13.2. The van der Waals surface area contributed by atoms with Gasteiger partial charge in [0, 0.05) is 19.8 Å². The average molecular weight is 455 g/mol. The molecule has 0 saturated heterocycles. The van der Waals surface area contributed by atoms with Crippen molar-refractivity contribution in [2.24, 2.45) is 29.6 Å². The third-order valence-corrected chi connectivity index (χ3v) is 16.7. The molecule has 5 fully saturated rings. The number of hydrogen-bond donors (Lipinski definition) is 0. The van der Waals surface area contributed by atoms with Crippen molar-refractivity contribution in [2.75, 3.05) is 14.2 Å². The summed E-state index contributed by atoms with van der Waals surface area (Å²) in [4.78, 5) is 13.2. The first-order chi connectivity index (χ1) is 14.1. The molecule has 0 aromatic carbocycles. The first kappa shape index (κ1) is 23.0. The number of ether oxygens (including phenoxy) is 1. The second-order valence-corrected chi connectivity index (χ2v) is 18.7. The maximum absolute atomic E-state index is 13.2. The lowest BCUT2D eigenvalue weighted by atomic mass is 9.50. The van der Waals surface area contributed by atoms with Crippen LogP contribution in [0.15, 0.2) is 0 Å². The van der Waals surface area contributed by atoms with Crippen LogP contribution in [0.2, 0.25) is 25.2 Å². The number of hydrogen-bond acceptors (Lipinski definition) is 5. The zero-order valence-electron chi connectivity index (χ0n) is 19.9. The van der Waals surface area contributed by atoms with E-state index in [0.717, 1.165) is 37.5 Å². The van der Waals surface area contributed by atoms with E-state index in [9.17, 15) is 4.79 Å². The molecule has 0 heterocycles. The van der Waals surface area contributed by atoms with E-state index in [0.29, 0.717) is 17.4 Å². The van der Waals surface area contributed by atoms with E-state index < -0.39 is 17.1 Å². The highest BCUT2D eigenvalue weighted by Crippen LogP contribution is 2.59. The maximum Gasteiger partial charge on any atom is 0.329 e. The molecule has 30 heavy (non-hydrogen) atoms. The van der Waals surface area contributed by atoms with E-state index in [2.05, 4.69) is 26.6 Å². The van der Waals surface area contributed by atoms with Crippen LogP contribution >= 0.6 is 0 Å². The molecule has 4 bridgehead atoms. The van der Waals surface area contributed by atoms with E-state index in [1.165, 1.54) is 32.1 Å². The van der Waals surface area contributed by atoms with E-state index in [-0.39, 0.29) is 17.5 Å². The van der Waals surface area contributed by atoms with Gasteiger partial charge in [0.25, 0.3) is 0 Å². The van der Waals surface area contributed by atoms with Crippen LogP contribution in [0.5, 0.6) is 0 Å². The zero-order valence-corrected chi connectivity index (χ0v) is 21.9. The fraction of sp³-hybridized carbons (Fsp3) is 0.957. The van der Waals surface area contributed by atoms with Gasteiger partial charge in [0.15, 0.2) is 0 Å². The second-order valence-electron chi connectivity index (χ2n) is 11.4. The highest BCUT2D eigenvalue weighted by Gasteiger charge is 2.57. The normalized spacial score (nSPS) is 42.7. The van der Waals surface area contributed by atoms with E-state index in [1.54, 1.807) is 14.2 Å². The van der Waals surface area contributed by atoms with Gasteiger partial charge in [0.1, 0.15) is 5.60 Å². The van der Waals surface area contributed by atoms with Crippen molar-refractivity contribution in [2.45, 2.75) is 95.5 Å². The van der Waals surface area contributed by atoms with Crippen LogP contribution in [0, 0.1) is 29.6 Å². The Hall–Kier alpha value is -0.216. The largest absolute Gasteiger partial charge is 0.459 e. The first-order valence-electron chi connectivity index (χ1n) is 12.1. The van der Waals surface area contributed by atoms with Crippen molar-refractivity contribution >= 4 is 23.1 Å². The summed E-state index contributed by atoms with van der Waals surface area (Å²) in [5.74, 6) is 3.08. The molecule has 0 amide bonds. The Balaban J connectivity index is 1.34. The summed E-state index contributed by atoms with van der Waals surface area (Å²) in [6.45, 7) is 8.57. The molecule has 5 nitrogen and oxygen atoms in total. The summed E-state index contributed by atoms with van der Waals surface area (Å²) in [6, 6.07) is 0. The molecule has 1 unspecified atom stereocenters. The smallest absolute Gasteiger partial charge is 0.329 e. The zero-order chi connectivity index (χ0) is 21.7. The van der Waals surface area contributed by atoms with Gasteiger partial charge in [0.05, 0.1) is 5.92 Å². The lowest BCUT2D eigenvalue weighted by Crippen LogP contribution is -2.58. The molecular weight excluding hydrogens is 412 g/mol. The molecule has 5 aliphatic rings. The highest BCUT2D eigenvalue weighted by molar-refractivity contribution is 6.80. The Morgan fingerprint density at radius 2 is 1.37 bits per heavy atom. The monoisotopic (exact) mass is 454 g/mol. The van der Waals surface area contributed by atoms with Crippen molar-refractivity contribution in [1.29, 1.82) is 0 Å². The van der Waals surface area contributed by atoms with Gasteiger partial charge in [-0.2, -0.15) is 0 Å². The van der Waals surface area contributed by atoms with Gasteiger partial charge in [-0.25, -0.2) is 0 Å². The lowest BCUT2D eigenvalue weighted by Gasteiger charge is -2.59. The minimum atomic E-state index is -2.34. The lowest BCUT2D eigenvalue weighted by molar-refractivity contribution is -0.207. The van der Waals surface area contributed by atoms with Crippen molar-refractivity contribution in [3.63, 3.8) is 0 Å². The fourth-order valence-electron chi connectivity index (χ4n) is 7.26. The molecule has 0 aromatic heterocycles. The summed E-state index contributed by atoms with van der Waals surface area (Å²) in [7, 11) is -0.995. The van der Waals surface area contributed by atoms with Crippen LogP contribution in [-0.4, -0.2) is 42.9 Å². The average Bonchev–Trinajstić information content (AvgIpc) is 2.71. The molecule has 5 aliphatic carbocycles. The molecule has 7 heteroatoms. The van der Waals surface area contributed by atoms with Crippen molar-refractivity contribution in [3.8, 4) is 0 Å². The topological polar surface area (TPSA) is 54.0 Å². The van der Waals surface area contributed by atoms with E-state index >= 15 is 0 Å². The van der Waals surface area contributed by atoms with Crippen LogP contribution in [-0.2, 0) is 22.5 Å². The van der Waals surface area contributed by atoms with Gasteiger partial charge in [0.2, 0.25) is 0 Å². The van der Waals surface area contributed by atoms with Crippen LogP contribution in [0.4, 0.5) is 0 Å². The fourth-order valence-corrected chi connectivity index (χ4v) is 14.2. The summed E-state index contributed by atoms with van der Waals surface area (Å²) in [5, 5.41) is 0. The Morgan fingerprint density at radius 1 is 0.833 bits per heavy atom. The van der Waals surface area contributed by atoms with Crippen LogP contribution in [0.1, 0.15) is 64.7 Å². The molecule has 0 aromatic rings. The summed E-state index contributed by atoms with van der Waals surface area (Å²) in [6.07, 6.45) is 10.3. The van der Waals surface area contributed by atoms with E-state index in [1.807, 2.05) is 0 Å². The minimum absolute atomic E-state index is 0.0399. The van der Waals surface area contributed by atoms with Gasteiger partial charge in [-0.3, -0.25) is 4.79 Å². The molecule has 0 N–H and O–H groups in total. The Kier molecular flexibility index (Phi) is 6.34. The molecule has 0 radical (unpaired) electrons. The number of rotatable bonds is 7. The van der Waals surface area contributed by atoms with Crippen molar-refractivity contribution < 1.29 is 22.5 Å². The predicted molar refractivity (Wildman–Crippen MR) is 121 cm³/mol. The first-order valence-corrected chi connectivity index (χ1v) is 17.3. The Bertz CT molecular complexity index is 618. The van der Waals surface area contributed by atoms with Crippen molar-refractivity contribution in [3.05, 3.63) is 0 Å². The second kappa shape index (κ2) is 8.29. The van der Waals surface area contributed by atoms with Crippen molar-refractivity contribution in [1.82, 2.24) is 0 Å². The summed E-state index contributed by atoms with van der Waals surface area (Å²) >= 11 is 0. The third kappa shape index (κ3) is 4.21. The van der Waals surface area contributed by atoms with Crippen LogP contribution in [0.25, 0.3) is 0 Å². The Morgan fingerprint density at radius 3 is 1.83 bits per heavy atom. The molecule has 172 valence electrons. The van der Waals surface area contributed by atoms with Gasteiger partial charge in [-0.15, -0.1) is 0 Å². The standard InChI is InChI=1S/C23H42O5Si2/c1-23(19-12-16-11-17(14-19)15-20(23)13-16)27-22(24)18-7-9-21(10-8-18)30(6,26-3)28-29(4,5)25-2/h16-21H,7-15H2,1-6H3. The van der Waals surface area contributed by atoms with Crippen LogP contribution in [0.3, 0.4) is 0 Å². The van der Waals surface area contributed by atoms with Crippen LogP contribution < -0.4 is 0 Å². The molecular formula is C23H42O5Si2. The minimum Gasteiger partial charge on any atom is -0.459 e. The SMILES string of the molecule is CO[Si](C)(C)O[Si](C)(OC)C1CCC(C(=O)OC2(C)C3CC4CC(C3)CC2C4)CC1. The number of carbonyl (C=O) groups excluding carboxylic acids is 1. The molecule has 5 rings (SSSR count). The van der Waals surface area contributed by atoms with Gasteiger partial charge in [-0.05, 0) is 108 Å².